The molecule has 144 valence electrons. The third kappa shape index (κ3) is 6.66. The highest BCUT2D eigenvalue weighted by atomic mass is 16.5. The van der Waals surface area contributed by atoms with Crippen LogP contribution in [0.25, 0.3) is 0 Å². The first-order valence-electron chi connectivity index (χ1n) is 9.16. The first kappa shape index (κ1) is 20.3. The van der Waals surface area contributed by atoms with Gasteiger partial charge in [-0.05, 0) is 43.2 Å². The quantitative estimate of drug-likeness (QED) is 0.669. The van der Waals surface area contributed by atoms with Crippen LogP contribution in [0.5, 0.6) is 11.5 Å². The number of benzene rings is 2. The minimum absolute atomic E-state index is 0.118. The second kappa shape index (κ2) is 10.9. The minimum atomic E-state index is -0.346. The monoisotopic (exact) mass is 370 g/mol. The normalized spacial score (nSPS) is 10.1. The molecule has 0 aliphatic rings. The Hall–Kier alpha value is -3.02. The van der Waals surface area contributed by atoms with Gasteiger partial charge in [0.25, 0.3) is 5.91 Å². The van der Waals surface area contributed by atoms with Gasteiger partial charge in [-0.1, -0.05) is 32.0 Å². The molecule has 0 heterocycles. The number of ether oxygens (including phenoxy) is 2. The Bertz CT molecular complexity index is 747. The average Bonchev–Trinajstić information content (AvgIpc) is 2.70. The van der Waals surface area contributed by atoms with Crippen LogP contribution in [0.2, 0.25) is 0 Å². The summed E-state index contributed by atoms with van der Waals surface area (Å²) in [5.41, 5.74) is 1.10. The van der Waals surface area contributed by atoms with Gasteiger partial charge < -0.3 is 20.1 Å². The van der Waals surface area contributed by atoms with Crippen molar-refractivity contribution in [3.05, 3.63) is 54.1 Å². The van der Waals surface area contributed by atoms with Crippen molar-refractivity contribution >= 4 is 17.5 Å². The van der Waals surface area contributed by atoms with Crippen molar-refractivity contribution in [2.75, 3.05) is 25.1 Å². The Morgan fingerprint density at radius 1 is 0.889 bits per heavy atom. The summed E-state index contributed by atoms with van der Waals surface area (Å²) in [4.78, 5) is 24.3. The molecule has 2 aromatic carbocycles. The van der Waals surface area contributed by atoms with Crippen molar-refractivity contribution in [2.45, 2.75) is 26.7 Å². The Morgan fingerprint density at radius 3 is 2.22 bits per heavy atom. The smallest absolute Gasteiger partial charge is 0.251 e. The molecule has 27 heavy (non-hydrogen) atoms. The number of hydrogen-bond donors (Lipinski definition) is 2. The fourth-order valence-electron chi connectivity index (χ4n) is 2.29. The number of amides is 2. The lowest BCUT2D eigenvalue weighted by Gasteiger charge is -2.13. The second-order valence-corrected chi connectivity index (χ2v) is 5.96. The summed E-state index contributed by atoms with van der Waals surface area (Å²) in [6.07, 6.45) is 1.73. The van der Waals surface area contributed by atoms with Gasteiger partial charge in [0.1, 0.15) is 0 Å². The Kier molecular flexibility index (Phi) is 8.16. The fourth-order valence-corrected chi connectivity index (χ4v) is 2.29. The molecule has 0 saturated carbocycles. The van der Waals surface area contributed by atoms with E-state index in [1.165, 1.54) is 0 Å². The van der Waals surface area contributed by atoms with Crippen LogP contribution in [0.1, 0.15) is 37.0 Å². The molecule has 0 saturated heterocycles. The number of hydrogen-bond acceptors (Lipinski definition) is 4. The molecular formula is C21H26N2O4. The Balaban J connectivity index is 1.96. The van der Waals surface area contributed by atoms with Crippen LogP contribution in [0.15, 0.2) is 48.5 Å². The summed E-state index contributed by atoms with van der Waals surface area (Å²) in [7, 11) is 0. The van der Waals surface area contributed by atoms with Crippen LogP contribution in [-0.2, 0) is 4.79 Å². The topological polar surface area (TPSA) is 76.7 Å². The van der Waals surface area contributed by atoms with E-state index in [1.807, 2.05) is 32.0 Å². The molecule has 0 bridgehead atoms. The lowest BCUT2D eigenvalue weighted by atomic mass is 10.2. The van der Waals surface area contributed by atoms with E-state index in [0.717, 1.165) is 12.8 Å². The van der Waals surface area contributed by atoms with Crippen molar-refractivity contribution < 1.29 is 19.1 Å². The van der Waals surface area contributed by atoms with E-state index in [2.05, 4.69) is 10.6 Å². The summed E-state index contributed by atoms with van der Waals surface area (Å²) in [5.74, 6) is 0.511. The van der Waals surface area contributed by atoms with Gasteiger partial charge in [0.05, 0.1) is 19.8 Å². The summed E-state index contributed by atoms with van der Waals surface area (Å²) in [5, 5.41) is 5.34. The Labute approximate surface area is 159 Å². The molecular weight excluding hydrogens is 344 g/mol. The zero-order valence-electron chi connectivity index (χ0n) is 15.8. The standard InChI is InChI=1S/C21H26N2O4/c1-3-12-26-18-11-10-16(14-19(18)27-13-4-2)21(25)22-15-20(24)23-17-8-6-5-7-9-17/h5-11,14H,3-4,12-13,15H2,1-2H3,(H,22,25)(H,23,24). The highest BCUT2D eigenvalue weighted by molar-refractivity contribution is 5.99. The van der Waals surface area contributed by atoms with Crippen LogP contribution >= 0.6 is 0 Å². The minimum Gasteiger partial charge on any atom is -0.490 e. The van der Waals surface area contributed by atoms with Crippen molar-refractivity contribution in [1.29, 1.82) is 0 Å². The number of carbonyl (C=O) groups is 2. The molecule has 0 aliphatic heterocycles. The second-order valence-electron chi connectivity index (χ2n) is 5.96. The van der Waals surface area contributed by atoms with Gasteiger partial charge >= 0.3 is 0 Å². The molecule has 0 fully saturated rings. The van der Waals surface area contributed by atoms with Crippen LogP contribution in [0.4, 0.5) is 5.69 Å². The van der Waals surface area contributed by atoms with Crippen molar-refractivity contribution in [3.63, 3.8) is 0 Å². The molecule has 0 spiro atoms. The number of para-hydroxylation sites is 1. The van der Waals surface area contributed by atoms with Crippen molar-refractivity contribution in [1.82, 2.24) is 5.32 Å². The molecule has 6 nitrogen and oxygen atoms in total. The summed E-state index contributed by atoms with van der Waals surface area (Å²) in [6.45, 7) is 5.02. The van der Waals surface area contributed by atoms with Gasteiger partial charge in [-0.3, -0.25) is 9.59 Å². The summed E-state index contributed by atoms with van der Waals surface area (Å²) < 4.78 is 11.4. The predicted octanol–water partition coefficient (Wildman–Crippen LogP) is 3.63. The van der Waals surface area contributed by atoms with E-state index >= 15 is 0 Å². The van der Waals surface area contributed by atoms with Gasteiger partial charge in [0.2, 0.25) is 5.91 Å². The molecule has 2 N–H and O–H groups in total. The first-order chi connectivity index (χ1) is 13.1. The molecule has 0 unspecified atom stereocenters. The van der Waals surface area contributed by atoms with Crippen LogP contribution in [0.3, 0.4) is 0 Å². The van der Waals surface area contributed by atoms with Crippen LogP contribution in [-0.4, -0.2) is 31.6 Å². The molecule has 2 amide bonds. The Morgan fingerprint density at radius 2 is 1.56 bits per heavy atom. The third-order valence-corrected chi connectivity index (χ3v) is 3.60. The molecule has 0 radical (unpaired) electrons. The van der Waals surface area contributed by atoms with E-state index in [4.69, 9.17) is 9.47 Å². The lowest BCUT2D eigenvalue weighted by molar-refractivity contribution is -0.115. The van der Waals surface area contributed by atoms with Crippen molar-refractivity contribution in [3.8, 4) is 11.5 Å². The van der Waals surface area contributed by atoms with E-state index in [-0.39, 0.29) is 18.4 Å². The van der Waals surface area contributed by atoms with E-state index in [9.17, 15) is 9.59 Å². The molecule has 0 atom stereocenters. The maximum atomic E-state index is 12.4. The molecule has 0 aromatic heterocycles. The lowest BCUT2D eigenvalue weighted by Crippen LogP contribution is -2.32. The van der Waals surface area contributed by atoms with E-state index < -0.39 is 0 Å². The maximum absolute atomic E-state index is 12.4. The highest BCUT2D eigenvalue weighted by Crippen LogP contribution is 2.28. The molecule has 6 heteroatoms. The van der Waals surface area contributed by atoms with Gasteiger partial charge in [-0.15, -0.1) is 0 Å². The molecule has 2 aromatic rings. The van der Waals surface area contributed by atoms with Gasteiger partial charge in [0, 0.05) is 11.3 Å². The average molecular weight is 370 g/mol. The summed E-state index contributed by atoms with van der Waals surface area (Å²) >= 11 is 0. The zero-order valence-corrected chi connectivity index (χ0v) is 15.8. The maximum Gasteiger partial charge on any atom is 0.251 e. The molecule has 0 aliphatic carbocycles. The van der Waals surface area contributed by atoms with Crippen molar-refractivity contribution in [2.24, 2.45) is 0 Å². The third-order valence-electron chi connectivity index (χ3n) is 3.60. The largest absolute Gasteiger partial charge is 0.490 e. The zero-order chi connectivity index (χ0) is 19.5. The molecule has 2 rings (SSSR count). The van der Waals surface area contributed by atoms with Crippen LogP contribution in [0, 0.1) is 0 Å². The summed E-state index contributed by atoms with van der Waals surface area (Å²) in [6, 6.07) is 14.1. The fraction of sp³-hybridized carbons (Fsp3) is 0.333. The SMILES string of the molecule is CCCOc1ccc(C(=O)NCC(=O)Nc2ccccc2)cc1OCCC. The predicted molar refractivity (Wildman–Crippen MR) is 105 cm³/mol. The van der Waals surface area contributed by atoms with Gasteiger partial charge in [-0.25, -0.2) is 0 Å². The van der Waals surface area contributed by atoms with E-state index in [0.29, 0.717) is 36.0 Å². The number of nitrogens with one attached hydrogen (secondary N) is 2. The van der Waals surface area contributed by atoms with E-state index in [1.54, 1.807) is 30.3 Å². The number of carbonyl (C=O) groups excluding carboxylic acids is 2. The van der Waals surface area contributed by atoms with Gasteiger partial charge in [0.15, 0.2) is 11.5 Å². The highest BCUT2D eigenvalue weighted by Gasteiger charge is 2.13. The first-order valence-corrected chi connectivity index (χ1v) is 9.16. The number of anilines is 1. The van der Waals surface area contributed by atoms with Gasteiger partial charge in [-0.2, -0.15) is 0 Å². The van der Waals surface area contributed by atoms with Crippen LogP contribution < -0.4 is 20.1 Å². The number of rotatable bonds is 10.